The van der Waals surface area contributed by atoms with Crippen LogP contribution in [-0.4, -0.2) is 10.9 Å². The molecule has 0 saturated heterocycles. The lowest BCUT2D eigenvalue weighted by Gasteiger charge is -2.04. The van der Waals surface area contributed by atoms with Gasteiger partial charge >= 0.3 is 0 Å². The van der Waals surface area contributed by atoms with E-state index in [0.717, 1.165) is 12.2 Å². The second-order valence-electron chi connectivity index (χ2n) is 3.92. The van der Waals surface area contributed by atoms with E-state index in [2.05, 4.69) is 22.9 Å². The molecule has 0 radical (unpaired) electrons. The highest BCUT2D eigenvalue weighted by Crippen LogP contribution is 2.14. The third-order valence-corrected chi connectivity index (χ3v) is 2.90. The van der Waals surface area contributed by atoms with E-state index in [9.17, 15) is 9.18 Å². The summed E-state index contributed by atoms with van der Waals surface area (Å²) in [4.78, 5) is 16.0. The SMILES string of the molecule is CCc1cnc(CNC(=O)c2ccc(F)c(S)c2)o1. The number of aromatic nitrogens is 1. The van der Waals surface area contributed by atoms with Gasteiger partial charge in [0.1, 0.15) is 11.6 Å². The van der Waals surface area contributed by atoms with Gasteiger partial charge in [0, 0.05) is 16.9 Å². The minimum Gasteiger partial charge on any atom is -0.444 e. The zero-order valence-corrected chi connectivity index (χ0v) is 11.2. The molecule has 1 heterocycles. The molecule has 19 heavy (non-hydrogen) atoms. The fourth-order valence-electron chi connectivity index (χ4n) is 1.51. The van der Waals surface area contributed by atoms with E-state index in [1.807, 2.05) is 6.92 Å². The summed E-state index contributed by atoms with van der Waals surface area (Å²) in [7, 11) is 0. The Balaban J connectivity index is 1.99. The summed E-state index contributed by atoms with van der Waals surface area (Å²) >= 11 is 3.93. The Kier molecular flexibility index (Phi) is 4.21. The maximum atomic E-state index is 13.0. The van der Waals surface area contributed by atoms with Crippen molar-refractivity contribution in [2.45, 2.75) is 24.8 Å². The van der Waals surface area contributed by atoms with Crippen LogP contribution < -0.4 is 5.32 Å². The van der Waals surface area contributed by atoms with Crippen LogP contribution in [0.3, 0.4) is 0 Å². The Labute approximate surface area is 115 Å². The van der Waals surface area contributed by atoms with Gasteiger partial charge in [-0.05, 0) is 18.2 Å². The van der Waals surface area contributed by atoms with Gasteiger partial charge in [-0.15, -0.1) is 12.6 Å². The fourth-order valence-corrected chi connectivity index (χ4v) is 1.72. The van der Waals surface area contributed by atoms with E-state index >= 15 is 0 Å². The molecule has 0 spiro atoms. The van der Waals surface area contributed by atoms with Gasteiger partial charge in [0.25, 0.3) is 5.91 Å². The number of benzene rings is 1. The summed E-state index contributed by atoms with van der Waals surface area (Å²) in [6.07, 6.45) is 2.38. The predicted octanol–water partition coefficient (Wildman–Crippen LogP) is 2.59. The first-order chi connectivity index (χ1) is 9.10. The molecule has 0 atom stereocenters. The summed E-state index contributed by atoms with van der Waals surface area (Å²) in [5.74, 6) is 0.425. The largest absolute Gasteiger partial charge is 0.444 e. The minimum atomic E-state index is -0.458. The van der Waals surface area contributed by atoms with E-state index in [0.29, 0.717) is 11.5 Å². The molecule has 100 valence electrons. The van der Waals surface area contributed by atoms with Crippen LogP contribution in [0, 0.1) is 5.82 Å². The maximum Gasteiger partial charge on any atom is 0.251 e. The summed E-state index contributed by atoms with van der Waals surface area (Å²) in [6.45, 7) is 2.15. The number of carbonyl (C=O) groups excluding carboxylic acids is 1. The van der Waals surface area contributed by atoms with Gasteiger partial charge in [-0.3, -0.25) is 4.79 Å². The van der Waals surface area contributed by atoms with Crippen LogP contribution in [0.5, 0.6) is 0 Å². The van der Waals surface area contributed by atoms with E-state index < -0.39 is 5.82 Å². The molecule has 1 N–H and O–H groups in total. The molecule has 0 aliphatic heterocycles. The van der Waals surface area contributed by atoms with Gasteiger partial charge in [0.15, 0.2) is 0 Å². The van der Waals surface area contributed by atoms with Crippen molar-refractivity contribution in [3.05, 3.63) is 47.4 Å². The molecule has 0 aliphatic carbocycles. The van der Waals surface area contributed by atoms with Crippen molar-refractivity contribution < 1.29 is 13.6 Å². The number of rotatable bonds is 4. The van der Waals surface area contributed by atoms with Crippen molar-refractivity contribution in [3.8, 4) is 0 Å². The highest BCUT2D eigenvalue weighted by atomic mass is 32.1. The highest BCUT2D eigenvalue weighted by molar-refractivity contribution is 7.80. The van der Waals surface area contributed by atoms with E-state index in [1.54, 1.807) is 6.20 Å². The smallest absolute Gasteiger partial charge is 0.251 e. The molecule has 6 heteroatoms. The first-order valence-corrected chi connectivity index (χ1v) is 6.25. The zero-order chi connectivity index (χ0) is 13.8. The lowest BCUT2D eigenvalue weighted by atomic mass is 10.2. The van der Waals surface area contributed by atoms with Crippen molar-refractivity contribution in [2.75, 3.05) is 0 Å². The molecule has 1 aromatic carbocycles. The molecule has 4 nitrogen and oxygen atoms in total. The van der Waals surface area contributed by atoms with Crippen LogP contribution in [0.2, 0.25) is 0 Å². The number of thiol groups is 1. The van der Waals surface area contributed by atoms with Crippen LogP contribution in [0.1, 0.15) is 28.9 Å². The summed E-state index contributed by atoms with van der Waals surface area (Å²) in [5, 5.41) is 2.65. The Morgan fingerprint density at radius 1 is 1.53 bits per heavy atom. The third-order valence-electron chi connectivity index (χ3n) is 2.56. The van der Waals surface area contributed by atoms with Gasteiger partial charge in [0.2, 0.25) is 5.89 Å². The lowest BCUT2D eigenvalue weighted by Crippen LogP contribution is -2.23. The van der Waals surface area contributed by atoms with Crippen LogP contribution in [0.15, 0.2) is 33.7 Å². The number of amides is 1. The van der Waals surface area contributed by atoms with Crippen LogP contribution in [-0.2, 0) is 13.0 Å². The van der Waals surface area contributed by atoms with Gasteiger partial charge in [0.05, 0.1) is 12.7 Å². The number of nitrogens with one attached hydrogen (secondary N) is 1. The average Bonchev–Trinajstić information content (AvgIpc) is 2.87. The number of oxazole rings is 1. The first-order valence-electron chi connectivity index (χ1n) is 5.80. The first kappa shape index (κ1) is 13.6. The Hall–Kier alpha value is -1.82. The average molecular weight is 280 g/mol. The third kappa shape index (κ3) is 3.35. The Morgan fingerprint density at radius 2 is 2.32 bits per heavy atom. The van der Waals surface area contributed by atoms with Gasteiger partial charge < -0.3 is 9.73 Å². The van der Waals surface area contributed by atoms with Crippen LogP contribution >= 0.6 is 12.6 Å². The second-order valence-corrected chi connectivity index (χ2v) is 4.40. The van der Waals surface area contributed by atoms with E-state index in [-0.39, 0.29) is 17.3 Å². The second kappa shape index (κ2) is 5.88. The van der Waals surface area contributed by atoms with Crippen molar-refractivity contribution in [2.24, 2.45) is 0 Å². The molecule has 1 amide bonds. The zero-order valence-electron chi connectivity index (χ0n) is 10.3. The molecule has 1 aromatic heterocycles. The number of aryl methyl sites for hydroxylation is 1. The Bertz CT molecular complexity index is 598. The molecule has 0 fully saturated rings. The van der Waals surface area contributed by atoms with Gasteiger partial charge in [-0.1, -0.05) is 6.92 Å². The normalized spacial score (nSPS) is 10.5. The molecular formula is C13H13FN2O2S. The van der Waals surface area contributed by atoms with Crippen molar-refractivity contribution in [1.82, 2.24) is 10.3 Å². The van der Waals surface area contributed by atoms with E-state index in [4.69, 9.17) is 4.42 Å². The highest BCUT2D eigenvalue weighted by Gasteiger charge is 2.09. The summed E-state index contributed by atoms with van der Waals surface area (Å²) in [5.41, 5.74) is 0.341. The molecule has 0 bridgehead atoms. The lowest BCUT2D eigenvalue weighted by molar-refractivity contribution is 0.0947. The van der Waals surface area contributed by atoms with E-state index in [1.165, 1.54) is 18.2 Å². The molecule has 0 saturated carbocycles. The molecule has 2 rings (SSSR count). The minimum absolute atomic E-state index is 0.136. The summed E-state index contributed by atoms with van der Waals surface area (Å²) in [6, 6.07) is 3.98. The molecular weight excluding hydrogens is 267 g/mol. The molecule has 2 aromatic rings. The number of hydrogen-bond acceptors (Lipinski definition) is 4. The predicted molar refractivity (Wildman–Crippen MR) is 70.7 cm³/mol. The number of hydrogen-bond donors (Lipinski definition) is 2. The van der Waals surface area contributed by atoms with Gasteiger partial charge in [-0.2, -0.15) is 0 Å². The molecule has 0 unspecified atom stereocenters. The fraction of sp³-hybridized carbons (Fsp3) is 0.231. The standard InChI is InChI=1S/C13H13FN2O2S/c1-2-9-6-15-12(18-9)7-16-13(17)8-3-4-10(14)11(19)5-8/h3-6,19H,2,7H2,1H3,(H,16,17). The van der Waals surface area contributed by atoms with Gasteiger partial charge in [-0.25, -0.2) is 9.37 Å². The van der Waals surface area contributed by atoms with Crippen molar-refractivity contribution in [1.29, 1.82) is 0 Å². The number of halogens is 1. The monoisotopic (exact) mass is 280 g/mol. The topological polar surface area (TPSA) is 55.1 Å². The van der Waals surface area contributed by atoms with Crippen molar-refractivity contribution in [3.63, 3.8) is 0 Å². The number of nitrogens with zero attached hydrogens (tertiary/aromatic N) is 1. The van der Waals surface area contributed by atoms with Crippen LogP contribution in [0.4, 0.5) is 4.39 Å². The number of carbonyl (C=O) groups is 1. The van der Waals surface area contributed by atoms with Crippen LogP contribution in [0.25, 0.3) is 0 Å². The Morgan fingerprint density at radius 3 is 2.95 bits per heavy atom. The van der Waals surface area contributed by atoms with Crippen molar-refractivity contribution >= 4 is 18.5 Å². The molecule has 0 aliphatic rings. The maximum absolute atomic E-state index is 13.0. The quantitative estimate of drug-likeness (QED) is 0.846. The summed E-state index contributed by atoms with van der Waals surface area (Å²) < 4.78 is 18.4.